The topological polar surface area (TPSA) is 388 Å². The minimum Gasteiger partial charge on any atom is -0.463 e. The van der Waals surface area contributed by atoms with Gasteiger partial charge in [0.1, 0.15) is 55.4 Å². The Kier molecular flexibility index (Phi) is 23.4. The van der Waals surface area contributed by atoms with Crippen LogP contribution in [0.5, 0.6) is 17.2 Å². The monoisotopic (exact) mass is 1140 g/mol. The summed E-state index contributed by atoms with van der Waals surface area (Å²) in [7, 11) is 0. The van der Waals surface area contributed by atoms with Gasteiger partial charge >= 0.3 is 71.6 Å². The van der Waals surface area contributed by atoms with Crippen LogP contribution in [0.3, 0.4) is 0 Å². The average molecular weight is 1140 g/mol. The first-order valence-electron chi connectivity index (χ1n) is 24.0. The first-order chi connectivity index (χ1) is 37.5. The maximum atomic E-state index is 13.6. The zero-order valence-electron chi connectivity index (χ0n) is 45.2. The standard InChI is InChI=1S/C49H60O31/c1-19(51)63-16-35-38(66-22(4)54)41(69-25(7)57)44(72-28(10)60)47(78-35)75-31-13-33(76-48-45(73-29(11)61)42(70-26(8)58)39(67-23(5)55)36(79-48)17-64-20(2)52)32(15-50)34(14-31)77-49-46(74-30(12)62)43(71-27(9)59)40(68-24(6)56)37(80-49)18-65-21(3)53/h13-15,35-49H,16-18H2,1-12H3/t35-,36-,37-,38-,39-,40-,41+,42+,43+,44-,45-,46-,47-,48-,49-/m1/s1. The van der Waals surface area contributed by atoms with E-state index in [0.717, 1.165) is 95.2 Å². The molecule has 442 valence electrons. The van der Waals surface area contributed by atoms with Crippen LogP contribution in [0.15, 0.2) is 12.1 Å². The summed E-state index contributed by atoms with van der Waals surface area (Å²) in [5.41, 5.74) is -0.695. The predicted molar refractivity (Wildman–Crippen MR) is 250 cm³/mol. The van der Waals surface area contributed by atoms with Crippen LogP contribution in [0.2, 0.25) is 0 Å². The van der Waals surface area contributed by atoms with Gasteiger partial charge in [0.15, 0.2) is 42.9 Å². The number of carbonyl (C=O) groups is 13. The fourth-order valence-electron chi connectivity index (χ4n) is 8.19. The maximum Gasteiger partial charge on any atom is 0.303 e. The van der Waals surface area contributed by atoms with Crippen LogP contribution in [0.4, 0.5) is 0 Å². The van der Waals surface area contributed by atoms with E-state index >= 15 is 0 Å². The lowest BCUT2D eigenvalue weighted by Crippen LogP contribution is -2.64. The van der Waals surface area contributed by atoms with Crippen molar-refractivity contribution < 1.29 is 148 Å². The molecule has 31 heteroatoms. The highest BCUT2D eigenvalue weighted by Crippen LogP contribution is 2.41. The van der Waals surface area contributed by atoms with Gasteiger partial charge in [-0.05, 0) is 0 Å². The summed E-state index contributed by atoms with van der Waals surface area (Å²) in [6.45, 7) is 9.37. The van der Waals surface area contributed by atoms with E-state index in [1.54, 1.807) is 0 Å². The van der Waals surface area contributed by atoms with Crippen molar-refractivity contribution in [3.63, 3.8) is 0 Å². The molecule has 15 atom stereocenters. The van der Waals surface area contributed by atoms with E-state index in [0.29, 0.717) is 0 Å². The third-order valence-electron chi connectivity index (χ3n) is 10.8. The Balaban J connectivity index is 2.09. The SMILES string of the molecule is CC(=O)OC[C@H]1O[C@@H](Oc2cc(O[C@@H]3O[C@H](COC(C)=O)[C@@H](OC(C)=O)[C@H](OC(C)=O)[C@H]3OC(C)=O)c(C=O)c(O[C@@H]3O[C@H](COC(C)=O)[C@@H](OC(C)=O)[C@H](OC(C)=O)[C@H]3OC(C)=O)c2)[C@H](OC(C)=O)[C@@H](OC(C)=O)[C@@H]1OC(C)=O. The third-order valence-corrected chi connectivity index (χ3v) is 10.8. The number of hydrogen-bond acceptors (Lipinski definition) is 31. The zero-order valence-corrected chi connectivity index (χ0v) is 45.2. The van der Waals surface area contributed by atoms with E-state index in [2.05, 4.69) is 0 Å². The molecule has 3 heterocycles. The minimum atomic E-state index is -2.10. The lowest BCUT2D eigenvalue weighted by Gasteiger charge is -2.44. The molecule has 0 unspecified atom stereocenters. The van der Waals surface area contributed by atoms with Crippen LogP contribution in [0.25, 0.3) is 0 Å². The largest absolute Gasteiger partial charge is 0.463 e. The number of benzene rings is 1. The summed E-state index contributed by atoms with van der Waals surface area (Å²) < 4.78 is 102. The van der Waals surface area contributed by atoms with Crippen molar-refractivity contribution in [1.29, 1.82) is 0 Å². The van der Waals surface area contributed by atoms with Gasteiger partial charge in [0, 0.05) is 95.2 Å². The van der Waals surface area contributed by atoms with E-state index in [4.69, 9.17) is 85.3 Å². The second-order valence-corrected chi connectivity index (χ2v) is 17.5. The molecule has 0 saturated carbocycles. The molecule has 80 heavy (non-hydrogen) atoms. The van der Waals surface area contributed by atoms with Crippen LogP contribution in [-0.2, 0) is 129 Å². The molecule has 4 rings (SSSR count). The quantitative estimate of drug-likeness (QED) is 0.0830. The molecule has 3 saturated heterocycles. The van der Waals surface area contributed by atoms with Gasteiger partial charge in [-0.25, -0.2) is 0 Å². The third kappa shape index (κ3) is 18.7. The maximum absolute atomic E-state index is 13.6. The zero-order chi connectivity index (χ0) is 59.9. The van der Waals surface area contributed by atoms with Gasteiger partial charge in [0.2, 0.25) is 37.2 Å². The van der Waals surface area contributed by atoms with Crippen molar-refractivity contribution in [3.8, 4) is 17.2 Å². The molecule has 0 aromatic heterocycles. The molecule has 0 N–H and O–H groups in total. The van der Waals surface area contributed by atoms with Crippen molar-refractivity contribution in [3.05, 3.63) is 17.7 Å². The molecule has 0 aliphatic carbocycles. The van der Waals surface area contributed by atoms with Crippen molar-refractivity contribution in [2.45, 2.75) is 175 Å². The number of rotatable bonds is 22. The highest BCUT2D eigenvalue weighted by atomic mass is 16.8. The number of aldehydes is 1. The lowest BCUT2D eigenvalue weighted by atomic mass is 9.97. The Morgan fingerprint density at radius 3 is 0.787 bits per heavy atom. The van der Waals surface area contributed by atoms with E-state index in [-0.39, 0.29) is 6.29 Å². The predicted octanol–water partition coefficient (Wildman–Crippen LogP) is -0.115. The van der Waals surface area contributed by atoms with E-state index in [1.807, 2.05) is 0 Å². The van der Waals surface area contributed by atoms with Crippen LogP contribution >= 0.6 is 0 Å². The molecule has 1 aromatic rings. The summed E-state index contributed by atoms with van der Waals surface area (Å²) >= 11 is 0. The fourth-order valence-corrected chi connectivity index (χ4v) is 8.19. The molecule has 31 nitrogen and oxygen atoms in total. The van der Waals surface area contributed by atoms with Crippen LogP contribution < -0.4 is 14.2 Å². The Labute approximate surface area is 454 Å². The number of carbonyl (C=O) groups excluding carboxylic acids is 13. The van der Waals surface area contributed by atoms with Gasteiger partial charge in [0.05, 0.1) is 5.56 Å². The normalized spacial score (nSPS) is 27.8. The summed E-state index contributed by atoms with van der Waals surface area (Å²) in [6, 6.07) is 1.82. The Morgan fingerprint density at radius 2 is 0.562 bits per heavy atom. The summed E-state index contributed by atoms with van der Waals surface area (Å²) in [4.78, 5) is 164. The second kappa shape index (κ2) is 29.1. The molecule has 0 amide bonds. The Morgan fingerprint density at radius 1 is 0.338 bits per heavy atom. The first-order valence-corrected chi connectivity index (χ1v) is 24.0. The first kappa shape index (κ1) is 64.3. The molecule has 3 aliphatic rings. The molecule has 0 bridgehead atoms. The summed E-state index contributed by atoms with van der Waals surface area (Å²) in [5.74, 6) is -13.9. The van der Waals surface area contributed by atoms with E-state index < -0.39 is 206 Å². The van der Waals surface area contributed by atoms with Gasteiger partial charge in [-0.1, -0.05) is 0 Å². The molecule has 3 fully saturated rings. The number of hydrogen-bond donors (Lipinski definition) is 0. The van der Waals surface area contributed by atoms with Crippen molar-refractivity contribution >= 4 is 77.9 Å². The number of ether oxygens (including phenoxy) is 18. The average Bonchev–Trinajstić information content (AvgIpc) is 3.31. The molecule has 3 aliphatic heterocycles. The fraction of sp³-hybridized carbons (Fsp3) is 0.612. The number of esters is 12. The highest BCUT2D eigenvalue weighted by Gasteiger charge is 2.57. The Bertz CT molecular complexity index is 2390. The van der Waals surface area contributed by atoms with Gasteiger partial charge in [-0.15, -0.1) is 0 Å². The molecular formula is C49H60O31. The van der Waals surface area contributed by atoms with Crippen LogP contribution in [-0.4, -0.2) is 190 Å². The molecule has 0 radical (unpaired) electrons. The minimum absolute atomic E-state index is 0.0965. The van der Waals surface area contributed by atoms with Gasteiger partial charge in [-0.3, -0.25) is 62.3 Å². The van der Waals surface area contributed by atoms with Gasteiger partial charge in [0.25, 0.3) is 0 Å². The highest BCUT2D eigenvalue weighted by molar-refractivity contribution is 5.84. The van der Waals surface area contributed by atoms with Gasteiger partial charge in [-0.2, -0.15) is 0 Å². The molecule has 0 spiro atoms. The van der Waals surface area contributed by atoms with E-state index in [1.165, 1.54) is 0 Å². The summed E-state index contributed by atoms with van der Waals surface area (Å²) in [5, 5.41) is 0. The smallest absolute Gasteiger partial charge is 0.303 e. The van der Waals surface area contributed by atoms with Crippen LogP contribution in [0.1, 0.15) is 93.4 Å². The second-order valence-electron chi connectivity index (χ2n) is 17.5. The summed E-state index contributed by atoms with van der Waals surface area (Å²) in [6.07, 6.45) is -27.4. The van der Waals surface area contributed by atoms with E-state index in [9.17, 15) is 62.3 Å². The lowest BCUT2D eigenvalue weighted by molar-refractivity contribution is -0.290. The molecular weight excluding hydrogens is 1080 g/mol. The van der Waals surface area contributed by atoms with Crippen LogP contribution in [0, 0.1) is 0 Å². The van der Waals surface area contributed by atoms with Gasteiger partial charge < -0.3 is 85.3 Å². The van der Waals surface area contributed by atoms with Crippen molar-refractivity contribution in [2.75, 3.05) is 19.8 Å². The van der Waals surface area contributed by atoms with Crippen molar-refractivity contribution in [1.82, 2.24) is 0 Å². The molecule has 1 aromatic carbocycles. The van der Waals surface area contributed by atoms with Crippen molar-refractivity contribution in [2.24, 2.45) is 0 Å². The Hall–Kier alpha value is -8.19.